The lowest BCUT2D eigenvalue weighted by molar-refractivity contribution is 0.669. The van der Waals surface area contributed by atoms with Crippen molar-refractivity contribution in [2.24, 2.45) is 0 Å². The van der Waals surface area contributed by atoms with Crippen LogP contribution < -0.4 is 4.90 Å². The largest absolute Gasteiger partial charge is 0.456 e. The number of fused-ring (bicyclic) bond motifs is 10. The smallest absolute Gasteiger partial charge is 0.137 e. The van der Waals surface area contributed by atoms with Crippen LogP contribution >= 0.6 is 11.8 Å². The van der Waals surface area contributed by atoms with Crippen molar-refractivity contribution in [1.29, 1.82) is 10.8 Å². The first-order chi connectivity index (χ1) is 25.6. The molecule has 5 nitrogen and oxygen atoms in total. The minimum atomic E-state index is 0.318. The minimum Gasteiger partial charge on any atom is -0.456 e. The van der Waals surface area contributed by atoms with E-state index in [1.807, 2.05) is 54.6 Å². The second-order valence-electron chi connectivity index (χ2n) is 12.9. The summed E-state index contributed by atoms with van der Waals surface area (Å²) in [7, 11) is 0. The fourth-order valence-corrected chi connectivity index (χ4v) is 8.08. The molecular formula is C46H29N3O2S. The minimum absolute atomic E-state index is 0.318. The zero-order valence-electron chi connectivity index (χ0n) is 27.8. The summed E-state index contributed by atoms with van der Waals surface area (Å²) >= 11 is 1.15. The number of thioether (sulfide) groups is 1. The average Bonchev–Trinajstić information content (AvgIpc) is 3.77. The van der Waals surface area contributed by atoms with Gasteiger partial charge >= 0.3 is 0 Å². The Hall–Kier alpha value is -6.63. The van der Waals surface area contributed by atoms with Crippen molar-refractivity contribution in [1.82, 2.24) is 0 Å². The van der Waals surface area contributed by atoms with Crippen LogP contribution in [0.4, 0.5) is 17.1 Å². The number of nitrogens with zero attached hydrogens (tertiary/aromatic N) is 1. The number of furan rings is 2. The second-order valence-corrected chi connectivity index (χ2v) is 13.9. The number of hydrogen-bond donors (Lipinski definition) is 2. The highest BCUT2D eigenvalue weighted by Gasteiger charge is 2.19. The van der Waals surface area contributed by atoms with Crippen LogP contribution in [-0.2, 0) is 0 Å². The summed E-state index contributed by atoms with van der Waals surface area (Å²) in [5.74, 6) is 0. The van der Waals surface area contributed by atoms with Crippen molar-refractivity contribution < 1.29 is 8.83 Å². The molecule has 0 atom stereocenters. The summed E-state index contributed by atoms with van der Waals surface area (Å²) in [4.78, 5) is 2.20. The van der Waals surface area contributed by atoms with Gasteiger partial charge in [0.25, 0.3) is 0 Å². The molecule has 6 heteroatoms. The summed E-state index contributed by atoms with van der Waals surface area (Å²) < 4.78 is 13.0. The summed E-state index contributed by atoms with van der Waals surface area (Å²) in [5, 5.41) is 27.1. The lowest BCUT2D eigenvalue weighted by Crippen LogP contribution is -2.10. The Balaban J connectivity index is 1.10. The van der Waals surface area contributed by atoms with Gasteiger partial charge in [0.05, 0.1) is 0 Å². The van der Waals surface area contributed by atoms with Gasteiger partial charge in [0.15, 0.2) is 0 Å². The van der Waals surface area contributed by atoms with Gasteiger partial charge in [-0.3, -0.25) is 10.8 Å². The first-order valence-corrected chi connectivity index (χ1v) is 17.9. The van der Waals surface area contributed by atoms with Crippen LogP contribution in [-0.4, -0.2) is 10.1 Å². The molecule has 246 valence electrons. The third kappa shape index (κ3) is 4.95. The van der Waals surface area contributed by atoms with E-state index < -0.39 is 0 Å². The number of rotatable bonds is 5. The maximum absolute atomic E-state index is 8.80. The van der Waals surface area contributed by atoms with Crippen LogP contribution in [0.25, 0.3) is 65.4 Å². The quantitative estimate of drug-likeness (QED) is 0.139. The van der Waals surface area contributed by atoms with Crippen molar-refractivity contribution >= 4 is 104 Å². The van der Waals surface area contributed by atoms with Gasteiger partial charge in [-0.15, -0.1) is 0 Å². The standard InChI is InChI=1S/C46H29N3O2S/c47-45(30-10-2-1-3-11-30)52-46(48)31-14-18-32(19-15-31)49(33-20-22-37-41(26-33)50-39-24-16-28-8-4-6-12-35(28)43(37)39)34-21-23-38-42(27-34)51-40-25-17-29-9-5-7-13-36(29)44(38)40/h1-27,47-48H. The van der Waals surface area contributed by atoms with Crippen LogP contribution in [0, 0.1) is 10.8 Å². The highest BCUT2D eigenvalue weighted by atomic mass is 32.2. The van der Waals surface area contributed by atoms with Crippen LogP contribution in [0.15, 0.2) is 173 Å². The van der Waals surface area contributed by atoms with Gasteiger partial charge in [-0.2, -0.15) is 0 Å². The molecule has 8 aromatic carbocycles. The molecule has 0 amide bonds. The Bertz CT molecular complexity index is 2880. The molecule has 0 bridgehead atoms. The van der Waals surface area contributed by atoms with Gasteiger partial charge in [0, 0.05) is 61.9 Å². The van der Waals surface area contributed by atoms with Crippen molar-refractivity contribution in [2.75, 3.05) is 4.90 Å². The molecule has 0 saturated carbocycles. The van der Waals surface area contributed by atoms with Gasteiger partial charge in [-0.25, -0.2) is 0 Å². The van der Waals surface area contributed by atoms with Crippen molar-refractivity contribution in [3.8, 4) is 0 Å². The maximum Gasteiger partial charge on any atom is 0.137 e. The van der Waals surface area contributed by atoms with Gasteiger partial charge < -0.3 is 13.7 Å². The number of hydrogen-bond acceptors (Lipinski definition) is 6. The topological polar surface area (TPSA) is 77.2 Å². The molecule has 0 fully saturated rings. The molecule has 0 aliphatic carbocycles. The zero-order valence-corrected chi connectivity index (χ0v) is 28.6. The third-order valence-electron chi connectivity index (χ3n) is 9.83. The Morgan fingerprint density at radius 1 is 0.404 bits per heavy atom. The zero-order chi connectivity index (χ0) is 34.8. The van der Waals surface area contributed by atoms with Crippen molar-refractivity contribution in [3.63, 3.8) is 0 Å². The van der Waals surface area contributed by atoms with Crippen molar-refractivity contribution in [3.05, 3.63) is 175 Å². The summed E-state index contributed by atoms with van der Waals surface area (Å²) in [5.41, 5.74) is 7.64. The molecule has 0 unspecified atom stereocenters. The Morgan fingerprint density at radius 2 is 0.865 bits per heavy atom. The van der Waals surface area contributed by atoms with E-state index in [9.17, 15) is 0 Å². The predicted octanol–water partition coefficient (Wildman–Crippen LogP) is 13.3. The molecule has 10 aromatic rings. The van der Waals surface area contributed by atoms with Crippen LogP contribution in [0.2, 0.25) is 0 Å². The van der Waals surface area contributed by atoms with Crippen LogP contribution in [0.5, 0.6) is 0 Å². The number of anilines is 3. The van der Waals surface area contributed by atoms with Crippen LogP contribution in [0.3, 0.4) is 0 Å². The Kier molecular flexibility index (Phi) is 6.98. The summed E-state index contributed by atoms with van der Waals surface area (Å²) in [6.07, 6.45) is 0. The van der Waals surface area contributed by atoms with E-state index in [0.29, 0.717) is 10.1 Å². The summed E-state index contributed by atoms with van der Waals surface area (Å²) in [6.45, 7) is 0. The predicted molar refractivity (Wildman–Crippen MR) is 218 cm³/mol. The van der Waals surface area contributed by atoms with E-state index in [1.165, 1.54) is 21.5 Å². The first-order valence-electron chi connectivity index (χ1n) is 17.1. The lowest BCUT2D eigenvalue weighted by Gasteiger charge is -2.25. The molecule has 0 aliphatic rings. The van der Waals surface area contributed by atoms with E-state index in [-0.39, 0.29) is 0 Å². The molecule has 0 radical (unpaired) electrons. The first kappa shape index (κ1) is 30.2. The lowest BCUT2D eigenvalue weighted by atomic mass is 10.0. The molecule has 2 aromatic heterocycles. The monoisotopic (exact) mass is 687 g/mol. The molecular weight excluding hydrogens is 659 g/mol. The van der Waals surface area contributed by atoms with E-state index in [1.54, 1.807) is 0 Å². The second kappa shape index (κ2) is 12.0. The van der Waals surface area contributed by atoms with E-state index in [2.05, 4.69) is 114 Å². The average molecular weight is 688 g/mol. The maximum atomic E-state index is 8.80. The van der Waals surface area contributed by atoms with Gasteiger partial charge in [-0.05, 0) is 70.1 Å². The van der Waals surface area contributed by atoms with Gasteiger partial charge in [0.2, 0.25) is 0 Å². The van der Waals surface area contributed by atoms with E-state index in [0.717, 1.165) is 83.8 Å². The molecule has 10 rings (SSSR count). The normalized spacial score (nSPS) is 11.7. The molecule has 0 aliphatic heterocycles. The molecule has 0 saturated heterocycles. The highest BCUT2D eigenvalue weighted by Crippen LogP contribution is 2.43. The number of benzene rings is 8. The Labute approximate surface area is 302 Å². The molecule has 52 heavy (non-hydrogen) atoms. The SMILES string of the molecule is N=C(SC(=N)c1ccc(N(c2ccc3c(c2)oc2ccc4ccccc4c23)c2ccc3c(c2)oc2ccc4ccccc4c23)cc1)c1ccccc1. The van der Waals surface area contributed by atoms with Crippen LogP contribution in [0.1, 0.15) is 11.1 Å². The van der Waals surface area contributed by atoms with Crippen molar-refractivity contribution in [2.45, 2.75) is 0 Å². The van der Waals surface area contributed by atoms with Gasteiger partial charge in [-0.1, -0.05) is 115 Å². The van der Waals surface area contributed by atoms with E-state index in [4.69, 9.17) is 19.7 Å². The summed E-state index contributed by atoms with van der Waals surface area (Å²) in [6, 6.07) is 55.4. The molecule has 2 heterocycles. The Morgan fingerprint density at radius 3 is 1.40 bits per heavy atom. The molecule has 2 N–H and O–H groups in total. The highest BCUT2D eigenvalue weighted by molar-refractivity contribution is 8.27. The third-order valence-corrected chi connectivity index (χ3v) is 10.7. The van der Waals surface area contributed by atoms with E-state index >= 15 is 0 Å². The van der Waals surface area contributed by atoms with Gasteiger partial charge in [0.1, 0.15) is 32.4 Å². The fraction of sp³-hybridized carbons (Fsp3) is 0. The molecule has 0 spiro atoms. The fourth-order valence-electron chi connectivity index (χ4n) is 7.37. The number of nitrogens with one attached hydrogen (secondary N) is 2.